The molecule has 0 radical (unpaired) electrons. The average Bonchev–Trinajstić information content (AvgIpc) is 2.40. The number of morpholine rings is 1. The average molecular weight is 326 g/mol. The van der Waals surface area contributed by atoms with Crippen molar-refractivity contribution in [3.05, 3.63) is 28.8 Å². The number of halogens is 1. The molecule has 0 N–H and O–H groups in total. The van der Waals surface area contributed by atoms with E-state index in [0.29, 0.717) is 23.9 Å². The van der Waals surface area contributed by atoms with Crippen molar-refractivity contribution >= 4 is 17.5 Å². The second-order valence-electron chi connectivity index (χ2n) is 6.49. The number of amides is 1. The van der Waals surface area contributed by atoms with E-state index in [-0.39, 0.29) is 18.1 Å². The molecular formula is C17H24ClNO3. The van der Waals surface area contributed by atoms with E-state index in [0.717, 1.165) is 5.56 Å². The van der Waals surface area contributed by atoms with Gasteiger partial charge in [-0.15, -0.1) is 0 Å². The maximum absolute atomic E-state index is 12.8. The number of nitrogens with zero attached hydrogens (tertiary/aromatic N) is 1. The Kier molecular flexibility index (Phi) is 5.03. The van der Waals surface area contributed by atoms with Crippen LogP contribution >= 0.6 is 11.6 Å². The Bertz CT molecular complexity index is 549. The van der Waals surface area contributed by atoms with Crippen molar-refractivity contribution < 1.29 is 14.3 Å². The van der Waals surface area contributed by atoms with Crippen molar-refractivity contribution in [2.75, 3.05) is 13.1 Å². The third kappa shape index (κ3) is 3.93. The second-order valence-corrected chi connectivity index (χ2v) is 6.90. The molecule has 1 aliphatic heterocycles. The molecule has 1 amide bonds. The van der Waals surface area contributed by atoms with Crippen LogP contribution in [0.1, 0.15) is 33.3 Å². The lowest BCUT2D eigenvalue weighted by Gasteiger charge is -2.39. The summed E-state index contributed by atoms with van der Waals surface area (Å²) in [7, 11) is 0. The maximum Gasteiger partial charge on any atom is 0.266 e. The van der Waals surface area contributed by atoms with Crippen LogP contribution in [0.3, 0.4) is 0 Å². The summed E-state index contributed by atoms with van der Waals surface area (Å²) in [5.74, 6) is 0.622. The molecule has 1 aliphatic rings. The highest BCUT2D eigenvalue weighted by molar-refractivity contribution is 6.31. The summed E-state index contributed by atoms with van der Waals surface area (Å²) >= 11 is 6.02. The van der Waals surface area contributed by atoms with Crippen molar-refractivity contribution in [3.63, 3.8) is 0 Å². The molecule has 1 heterocycles. The summed E-state index contributed by atoms with van der Waals surface area (Å²) in [5.41, 5.74) is -0.00660. The van der Waals surface area contributed by atoms with Gasteiger partial charge in [0.1, 0.15) is 5.75 Å². The highest BCUT2D eigenvalue weighted by Crippen LogP contribution is 2.26. The Morgan fingerprint density at radius 1 is 1.32 bits per heavy atom. The molecule has 4 nitrogen and oxygen atoms in total. The van der Waals surface area contributed by atoms with Crippen LogP contribution in [-0.2, 0) is 9.53 Å². The zero-order valence-electron chi connectivity index (χ0n) is 13.9. The third-order valence-corrected chi connectivity index (χ3v) is 4.15. The van der Waals surface area contributed by atoms with Crippen LogP contribution in [0.2, 0.25) is 5.02 Å². The first-order valence-corrected chi connectivity index (χ1v) is 7.97. The van der Waals surface area contributed by atoms with Crippen LogP contribution in [-0.4, -0.2) is 41.7 Å². The maximum atomic E-state index is 12.8. The van der Waals surface area contributed by atoms with Crippen molar-refractivity contribution in [2.24, 2.45) is 0 Å². The Morgan fingerprint density at radius 2 is 1.91 bits per heavy atom. The van der Waals surface area contributed by atoms with E-state index in [4.69, 9.17) is 21.1 Å². The topological polar surface area (TPSA) is 38.8 Å². The molecular weight excluding hydrogens is 302 g/mol. The molecule has 0 unspecified atom stereocenters. The first kappa shape index (κ1) is 17.1. The minimum Gasteiger partial charge on any atom is -0.478 e. The minimum atomic E-state index is -0.933. The lowest BCUT2D eigenvalue weighted by atomic mass is 10.1. The molecule has 0 spiro atoms. The van der Waals surface area contributed by atoms with E-state index in [2.05, 4.69) is 0 Å². The highest BCUT2D eigenvalue weighted by atomic mass is 35.5. The lowest BCUT2D eigenvalue weighted by molar-refractivity contribution is -0.156. The van der Waals surface area contributed by atoms with Crippen LogP contribution in [0.15, 0.2) is 18.2 Å². The van der Waals surface area contributed by atoms with E-state index in [1.807, 2.05) is 31.7 Å². The molecule has 22 heavy (non-hydrogen) atoms. The summed E-state index contributed by atoms with van der Waals surface area (Å²) < 4.78 is 11.6. The van der Waals surface area contributed by atoms with Gasteiger partial charge in [0, 0.05) is 18.1 Å². The van der Waals surface area contributed by atoms with Gasteiger partial charge in [-0.2, -0.15) is 0 Å². The number of aryl methyl sites for hydroxylation is 1. The molecule has 0 bridgehead atoms. The van der Waals surface area contributed by atoms with Crippen LogP contribution in [0.4, 0.5) is 0 Å². The molecule has 1 aromatic carbocycles. The molecule has 0 aromatic heterocycles. The quantitative estimate of drug-likeness (QED) is 0.854. The number of benzene rings is 1. The van der Waals surface area contributed by atoms with Gasteiger partial charge in [0.15, 0.2) is 5.60 Å². The van der Waals surface area contributed by atoms with Crippen molar-refractivity contribution in [2.45, 2.75) is 52.4 Å². The monoisotopic (exact) mass is 325 g/mol. The predicted octanol–water partition coefficient (Wildman–Crippen LogP) is 3.44. The fourth-order valence-corrected chi connectivity index (χ4v) is 2.86. The molecule has 0 saturated carbocycles. The van der Waals surface area contributed by atoms with Gasteiger partial charge in [0.05, 0.1) is 12.2 Å². The molecule has 1 fully saturated rings. The fourth-order valence-electron chi connectivity index (χ4n) is 2.74. The molecule has 2 atom stereocenters. The van der Waals surface area contributed by atoms with E-state index >= 15 is 0 Å². The summed E-state index contributed by atoms with van der Waals surface area (Å²) in [5, 5.41) is 0.687. The van der Waals surface area contributed by atoms with Gasteiger partial charge in [-0.05, 0) is 58.4 Å². The SMILES string of the molecule is Cc1cc(OC(C)(C)C(=O)N2C[C@@H](C)O[C@@H](C)C2)ccc1Cl. The van der Waals surface area contributed by atoms with Crippen LogP contribution < -0.4 is 4.74 Å². The lowest BCUT2D eigenvalue weighted by Crippen LogP contribution is -2.55. The van der Waals surface area contributed by atoms with Gasteiger partial charge in [0.25, 0.3) is 5.91 Å². The van der Waals surface area contributed by atoms with Crippen LogP contribution in [0.5, 0.6) is 5.75 Å². The van der Waals surface area contributed by atoms with Crippen molar-refractivity contribution in [3.8, 4) is 5.75 Å². The van der Waals surface area contributed by atoms with Gasteiger partial charge in [-0.3, -0.25) is 4.79 Å². The van der Waals surface area contributed by atoms with E-state index in [1.165, 1.54) is 0 Å². The van der Waals surface area contributed by atoms with Gasteiger partial charge in [0.2, 0.25) is 0 Å². The van der Waals surface area contributed by atoms with Crippen LogP contribution in [0.25, 0.3) is 0 Å². The van der Waals surface area contributed by atoms with E-state index in [9.17, 15) is 4.79 Å². The van der Waals surface area contributed by atoms with Crippen LogP contribution in [0, 0.1) is 6.92 Å². The normalized spacial score (nSPS) is 22.5. The number of ether oxygens (including phenoxy) is 2. The van der Waals surface area contributed by atoms with Gasteiger partial charge in [-0.25, -0.2) is 0 Å². The minimum absolute atomic E-state index is 0.0258. The standard InChI is InChI=1S/C17H24ClNO3/c1-11-8-14(6-7-15(11)18)22-17(4,5)16(20)19-9-12(2)21-13(3)10-19/h6-8,12-13H,9-10H2,1-5H3/t12-,13+. The number of carbonyl (C=O) groups is 1. The Hall–Kier alpha value is -1.26. The zero-order valence-corrected chi connectivity index (χ0v) is 14.6. The molecule has 0 aliphatic carbocycles. The summed E-state index contributed by atoms with van der Waals surface area (Å²) in [6.45, 7) is 10.6. The number of hydrogen-bond donors (Lipinski definition) is 0. The number of hydrogen-bond acceptors (Lipinski definition) is 3. The van der Waals surface area contributed by atoms with E-state index < -0.39 is 5.60 Å². The van der Waals surface area contributed by atoms with Crippen molar-refractivity contribution in [1.29, 1.82) is 0 Å². The Labute approximate surface area is 137 Å². The second kappa shape index (κ2) is 6.47. The molecule has 1 saturated heterocycles. The van der Waals surface area contributed by atoms with Gasteiger partial charge < -0.3 is 14.4 Å². The first-order chi connectivity index (χ1) is 10.2. The van der Waals surface area contributed by atoms with Gasteiger partial charge >= 0.3 is 0 Å². The molecule has 1 aromatic rings. The number of rotatable bonds is 3. The van der Waals surface area contributed by atoms with Crippen molar-refractivity contribution in [1.82, 2.24) is 4.90 Å². The summed E-state index contributed by atoms with van der Waals surface area (Å²) in [6, 6.07) is 5.42. The Balaban J connectivity index is 2.11. The van der Waals surface area contributed by atoms with E-state index in [1.54, 1.807) is 26.0 Å². The largest absolute Gasteiger partial charge is 0.478 e. The smallest absolute Gasteiger partial charge is 0.266 e. The summed E-state index contributed by atoms with van der Waals surface area (Å²) in [4.78, 5) is 14.6. The third-order valence-electron chi connectivity index (χ3n) is 3.72. The molecule has 2 rings (SSSR count). The molecule has 5 heteroatoms. The number of carbonyl (C=O) groups excluding carboxylic acids is 1. The molecule has 122 valence electrons. The predicted molar refractivity (Wildman–Crippen MR) is 87.5 cm³/mol. The fraction of sp³-hybridized carbons (Fsp3) is 0.588. The van der Waals surface area contributed by atoms with Gasteiger partial charge in [-0.1, -0.05) is 11.6 Å². The Morgan fingerprint density at radius 3 is 2.45 bits per heavy atom. The highest BCUT2D eigenvalue weighted by Gasteiger charge is 2.37. The summed E-state index contributed by atoms with van der Waals surface area (Å²) in [6.07, 6.45) is 0.0857. The first-order valence-electron chi connectivity index (χ1n) is 7.59. The zero-order chi connectivity index (χ0) is 16.5.